The molecule has 0 spiro atoms. The Bertz CT molecular complexity index is 1510. The molecule has 4 aromatic rings. The van der Waals surface area contributed by atoms with Gasteiger partial charge in [-0.2, -0.15) is 0 Å². The van der Waals surface area contributed by atoms with Crippen molar-refractivity contribution in [2.24, 2.45) is 4.99 Å². The number of phenolic OH excluding ortho intramolecular Hbond substituents is 1. The van der Waals surface area contributed by atoms with Gasteiger partial charge in [0.25, 0.3) is 0 Å². The van der Waals surface area contributed by atoms with Crippen LogP contribution in [0.3, 0.4) is 0 Å². The molecule has 2 aromatic carbocycles. The van der Waals surface area contributed by atoms with Crippen molar-refractivity contribution < 1.29 is 28.8 Å². The number of benzene rings is 2. The highest BCUT2D eigenvalue weighted by atomic mass is 31.2. The van der Waals surface area contributed by atoms with Gasteiger partial charge < -0.3 is 19.9 Å². The van der Waals surface area contributed by atoms with Crippen LogP contribution in [0.15, 0.2) is 41.4 Å². The van der Waals surface area contributed by atoms with E-state index < -0.39 is 7.82 Å². The van der Waals surface area contributed by atoms with Gasteiger partial charge in [0, 0.05) is 17.4 Å². The molecule has 0 unspecified atom stereocenters. The number of aryl methyl sites for hydroxylation is 1. The number of anilines is 1. The summed E-state index contributed by atoms with van der Waals surface area (Å²) in [6.07, 6.45) is 3.93. The van der Waals surface area contributed by atoms with Gasteiger partial charge in [-0.1, -0.05) is 25.5 Å². The minimum absolute atomic E-state index is 0.0558. The zero-order chi connectivity index (χ0) is 25.2. The first-order valence-electron chi connectivity index (χ1n) is 10.9. The van der Waals surface area contributed by atoms with Crippen LogP contribution in [0.4, 0.5) is 5.82 Å². The number of nitrogen functional groups attached to an aromatic ring is 1. The number of aliphatic imine (C=N–C) groups is 1. The molecule has 5 N–H and O–H groups in total. The number of pyridine rings is 1. The molecule has 0 saturated carbocycles. The Kier molecular flexibility index (Phi) is 6.86. The molecule has 11 nitrogen and oxygen atoms in total. The molecule has 0 saturated heterocycles. The number of phosphoric acid groups is 1. The molecule has 0 bridgehead atoms. The Morgan fingerprint density at radius 1 is 1.20 bits per heavy atom. The SMILES string of the molecule is CCCCc1nc2c(N)nc3cc(CN=C=O)ccc3c2n1Cc1cc(O)ccc1OP(=O)(O)O. The van der Waals surface area contributed by atoms with Gasteiger partial charge in [-0.15, -0.1) is 0 Å². The monoisotopic (exact) mass is 497 g/mol. The number of nitrogens with zero attached hydrogens (tertiary/aromatic N) is 4. The van der Waals surface area contributed by atoms with Crippen molar-refractivity contribution >= 4 is 41.7 Å². The summed E-state index contributed by atoms with van der Waals surface area (Å²) in [5.41, 5.74) is 9.16. The zero-order valence-electron chi connectivity index (χ0n) is 18.9. The number of phenols is 1. The second-order valence-electron chi connectivity index (χ2n) is 8.04. The van der Waals surface area contributed by atoms with Crippen LogP contribution < -0.4 is 10.3 Å². The van der Waals surface area contributed by atoms with E-state index in [0.717, 1.165) is 23.8 Å². The van der Waals surface area contributed by atoms with E-state index in [9.17, 15) is 24.3 Å². The van der Waals surface area contributed by atoms with Gasteiger partial charge in [0.15, 0.2) is 5.82 Å². The van der Waals surface area contributed by atoms with Crippen LogP contribution in [0.25, 0.3) is 21.9 Å². The third-order valence-corrected chi connectivity index (χ3v) is 5.95. The van der Waals surface area contributed by atoms with Crippen LogP contribution >= 0.6 is 7.82 Å². The zero-order valence-corrected chi connectivity index (χ0v) is 19.8. The highest BCUT2D eigenvalue weighted by Gasteiger charge is 2.22. The molecule has 4 rings (SSSR count). The predicted molar refractivity (Wildman–Crippen MR) is 130 cm³/mol. The van der Waals surface area contributed by atoms with Crippen LogP contribution in [0, 0.1) is 0 Å². The van der Waals surface area contributed by atoms with Gasteiger partial charge in [-0.3, -0.25) is 9.79 Å². The molecule has 0 aliphatic rings. The fraction of sp³-hybridized carbons (Fsp3) is 0.261. The minimum Gasteiger partial charge on any atom is -0.508 e. The lowest BCUT2D eigenvalue weighted by atomic mass is 10.1. The summed E-state index contributed by atoms with van der Waals surface area (Å²) in [5.74, 6) is 0.800. The maximum atomic E-state index is 11.5. The maximum Gasteiger partial charge on any atom is 0.524 e. The Morgan fingerprint density at radius 3 is 2.71 bits per heavy atom. The molecule has 2 aromatic heterocycles. The number of phosphoric ester groups is 1. The molecule has 35 heavy (non-hydrogen) atoms. The average molecular weight is 497 g/mol. The number of aromatic nitrogens is 3. The standard InChI is InChI=1S/C23H24N5O6P/c1-2-3-4-20-27-21-22(17-7-5-14(11-25-13-29)9-18(17)26-23(21)24)28(20)12-15-10-16(30)6-8-19(15)34-35(31,32)33/h5-10,30H,2-4,11-12H2,1H3,(H2,24,26)(H2,31,32,33). The van der Waals surface area contributed by atoms with Crippen molar-refractivity contribution in [2.75, 3.05) is 5.73 Å². The molecule has 0 fully saturated rings. The fourth-order valence-corrected chi connectivity index (χ4v) is 4.43. The third-order valence-electron chi connectivity index (χ3n) is 5.52. The molecular weight excluding hydrogens is 473 g/mol. The second kappa shape index (κ2) is 9.85. The third kappa shape index (κ3) is 5.34. The average Bonchev–Trinajstić information content (AvgIpc) is 3.16. The van der Waals surface area contributed by atoms with Crippen molar-refractivity contribution in [1.29, 1.82) is 0 Å². The molecule has 12 heteroatoms. The molecule has 182 valence electrons. The highest BCUT2D eigenvalue weighted by Crippen LogP contribution is 2.41. The van der Waals surface area contributed by atoms with Crippen molar-refractivity contribution in [3.63, 3.8) is 0 Å². The van der Waals surface area contributed by atoms with E-state index in [2.05, 4.69) is 16.9 Å². The first-order valence-corrected chi connectivity index (χ1v) is 12.4. The van der Waals surface area contributed by atoms with E-state index in [4.69, 9.17) is 15.2 Å². The summed E-state index contributed by atoms with van der Waals surface area (Å²) in [7, 11) is -4.83. The summed E-state index contributed by atoms with van der Waals surface area (Å²) >= 11 is 0. The highest BCUT2D eigenvalue weighted by molar-refractivity contribution is 7.46. The summed E-state index contributed by atoms with van der Waals surface area (Å²) in [5, 5.41) is 10.8. The second-order valence-corrected chi connectivity index (χ2v) is 9.21. The Balaban J connectivity index is 1.94. The van der Waals surface area contributed by atoms with E-state index in [0.29, 0.717) is 34.4 Å². The Labute approximate surface area is 200 Å². The predicted octanol–water partition coefficient (Wildman–Crippen LogP) is 3.57. The number of nitrogens with two attached hydrogens (primary N) is 1. The number of unbranched alkanes of at least 4 members (excludes halogenated alkanes) is 1. The number of imidazole rings is 1. The lowest BCUT2D eigenvalue weighted by Gasteiger charge is -2.15. The van der Waals surface area contributed by atoms with Gasteiger partial charge in [0.2, 0.25) is 6.08 Å². The molecule has 0 aliphatic heterocycles. The fourth-order valence-electron chi connectivity index (χ4n) is 4.00. The maximum absolute atomic E-state index is 11.5. The van der Waals surface area contributed by atoms with Crippen LogP contribution in [-0.2, 0) is 28.9 Å². The van der Waals surface area contributed by atoms with Crippen molar-refractivity contribution in [2.45, 2.75) is 39.3 Å². The molecule has 0 atom stereocenters. The van der Waals surface area contributed by atoms with E-state index in [1.807, 2.05) is 16.7 Å². The van der Waals surface area contributed by atoms with Crippen LogP contribution in [0.2, 0.25) is 0 Å². The number of hydrogen-bond donors (Lipinski definition) is 4. The number of fused-ring (bicyclic) bond motifs is 3. The Hall–Kier alpha value is -3.75. The lowest BCUT2D eigenvalue weighted by molar-refractivity contribution is 0.282. The minimum atomic E-state index is -4.83. The summed E-state index contributed by atoms with van der Waals surface area (Å²) in [6, 6.07) is 9.44. The van der Waals surface area contributed by atoms with Gasteiger partial charge in [0.1, 0.15) is 22.8 Å². The normalized spacial score (nSPS) is 11.6. The molecule has 0 aliphatic carbocycles. The van der Waals surface area contributed by atoms with E-state index in [-0.39, 0.29) is 30.4 Å². The number of isocyanates is 1. The smallest absolute Gasteiger partial charge is 0.508 e. The van der Waals surface area contributed by atoms with Gasteiger partial charge in [-0.25, -0.2) is 24.3 Å². The first kappa shape index (κ1) is 24.4. The molecule has 2 heterocycles. The topological polar surface area (TPSA) is 173 Å². The summed E-state index contributed by atoms with van der Waals surface area (Å²) < 4.78 is 18.3. The van der Waals surface area contributed by atoms with Crippen molar-refractivity contribution in [1.82, 2.24) is 14.5 Å². The van der Waals surface area contributed by atoms with Gasteiger partial charge in [0.05, 0.1) is 24.1 Å². The van der Waals surface area contributed by atoms with Crippen LogP contribution in [-0.4, -0.2) is 35.5 Å². The summed E-state index contributed by atoms with van der Waals surface area (Å²) in [4.78, 5) is 42.0. The van der Waals surface area contributed by atoms with Crippen LogP contribution in [0.1, 0.15) is 36.7 Å². The van der Waals surface area contributed by atoms with E-state index in [1.165, 1.54) is 24.3 Å². The van der Waals surface area contributed by atoms with Crippen LogP contribution in [0.5, 0.6) is 11.5 Å². The largest absolute Gasteiger partial charge is 0.524 e. The van der Waals surface area contributed by atoms with E-state index in [1.54, 1.807) is 6.07 Å². The van der Waals surface area contributed by atoms with E-state index >= 15 is 0 Å². The quantitative estimate of drug-likeness (QED) is 0.153. The lowest BCUT2D eigenvalue weighted by Crippen LogP contribution is -2.07. The molecule has 0 amide bonds. The molecule has 0 radical (unpaired) electrons. The van der Waals surface area contributed by atoms with Crippen molar-refractivity contribution in [3.05, 3.63) is 53.3 Å². The van der Waals surface area contributed by atoms with Gasteiger partial charge in [-0.05, 0) is 36.2 Å². The number of aromatic hydroxyl groups is 1. The first-order chi connectivity index (χ1) is 16.7. The van der Waals surface area contributed by atoms with Gasteiger partial charge >= 0.3 is 7.82 Å². The Morgan fingerprint density at radius 2 is 2.00 bits per heavy atom. The number of rotatable bonds is 9. The summed E-state index contributed by atoms with van der Waals surface area (Å²) in [6.45, 7) is 2.32. The number of hydrogen-bond acceptors (Lipinski definition) is 8. The molecular formula is C23H24N5O6P. The number of carbonyl (C=O) groups excluding carboxylic acids is 1. The van der Waals surface area contributed by atoms with Crippen molar-refractivity contribution in [3.8, 4) is 11.5 Å².